The average Bonchev–Trinajstić information content (AvgIpc) is 3.05. The summed E-state index contributed by atoms with van der Waals surface area (Å²) in [5, 5.41) is 37.7. The first-order valence-corrected chi connectivity index (χ1v) is 14.1. The van der Waals surface area contributed by atoms with Gasteiger partial charge in [0.25, 0.3) is 0 Å². The standard InChI is InChI=1S/C34H34O9/c35-13-17-40-29-11-9-23(21-31(29)42-19-15-37)34(24-10-12-30(41-18-14-36)32(22-24)43-20-16-38)28-8-4-3-6-26(28)25-5-1-2-7-27(25)33(34)39/h1-12,21-22,35-38H,13-20H2. The van der Waals surface area contributed by atoms with E-state index in [2.05, 4.69) is 0 Å². The van der Waals surface area contributed by atoms with Crippen LogP contribution in [0, 0.1) is 0 Å². The monoisotopic (exact) mass is 586 g/mol. The SMILES string of the molecule is O=C1c2ccccc2-c2ccccc2C1(c1ccc(OCCO)c(OCCO)c1)c1ccc(OCCO)c(OCCO)c1. The summed E-state index contributed by atoms with van der Waals surface area (Å²) < 4.78 is 23.2. The van der Waals surface area contributed by atoms with Gasteiger partial charge >= 0.3 is 0 Å². The summed E-state index contributed by atoms with van der Waals surface area (Å²) in [5.74, 6) is 1.17. The molecule has 0 spiro atoms. The summed E-state index contributed by atoms with van der Waals surface area (Å²) >= 11 is 0. The number of carbonyl (C=O) groups is 1. The Bertz CT molecular complexity index is 1500. The molecule has 0 saturated heterocycles. The van der Waals surface area contributed by atoms with E-state index in [4.69, 9.17) is 18.9 Å². The van der Waals surface area contributed by atoms with Crippen LogP contribution in [-0.4, -0.2) is 79.1 Å². The van der Waals surface area contributed by atoms with Gasteiger partial charge in [-0.3, -0.25) is 4.79 Å². The normalized spacial score (nSPS) is 13.2. The van der Waals surface area contributed by atoms with E-state index in [0.29, 0.717) is 39.7 Å². The summed E-state index contributed by atoms with van der Waals surface area (Å²) in [6.07, 6.45) is 0. The molecule has 9 nitrogen and oxygen atoms in total. The maximum absolute atomic E-state index is 15.0. The van der Waals surface area contributed by atoms with Crippen LogP contribution in [0.25, 0.3) is 11.1 Å². The van der Waals surface area contributed by atoms with E-state index in [1.54, 1.807) is 36.4 Å². The number of benzene rings is 4. The van der Waals surface area contributed by atoms with Crippen molar-refractivity contribution in [2.24, 2.45) is 0 Å². The molecule has 0 saturated carbocycles. The highest BCUT2D eigenvalue weighted by molar-refractivity contribution is 6.16. The van der Waals surface area contributed by atoms with Gasteiger partial charge in [-0.25, -0.2) is 0 Å². The van der Waals surface area contributed by atoms with Gasteiger partial charge in [0.15, 0.2) is 28.8 Å². The Morgan fingerprint density at radius 2 is 0.907 bits per heavy atom. The molecule has 43 heavy (non-hydrogen) atoms. The first kappa shape index (κ1) is 30.1. The molecule has 1 aliphatic carbocycles. The minimum absolute atomic E-state index is 0.00462. The zero-order valence-corrected chi connectivity index (χ0v) is 23.6. The van der Waals surface area contributed by atoms with Crippen molar-refractivity contribution in [2.45, 2.75) is 5.41 Å². The zero-order valence-electron chi connectivity index (χ0n) is 23.6. The van der Waals surface area contributed by atoms with Gasteiger partial charge in [0, 0.05) is 5.56 Å². The molecular formula is C34H34O9. The molecule has 224 valence electrons. The Morgan fingerprint density at radius 3 is 1.40 bits per heavy atom. The molecular weight excluding hydrogens is 552 g/mol. The fourth-order valence-corrected chi connectivity index (χ4v) is 5.59. The Kier molecular flexibility index (Phi) is 9.58. The van der Waals surface area contributed by atoms with Crippen LogP contribution in [0.15, 0.2) is 84.9 Å². The number of Topliss-reactive ketones (excluding diaryl/α,β-unsaturated/α-hetero) is 1. The highest BCUT2D eigenvalue weighted by Gasteiger charge is 2.49. The Hall–Kier alpha value is -4.41. The first-order chi connectivity index (χ1) is 21.1. The van der Waals surface area contributed by atoms with Crippen molar-refractivity contribution in [1.29, 1.82) is 0 Å². The Morgan fingerprint density at radius 1 is 0.488 bits per heavy atom. The Balaban J connectivity index is 1.82. The van der Waals surface area contributed by atoms with Crippen LogP contribution in [0.4, 0.5) is 0 Å². The lowest BCUT2D eigenvalue weighted by atomic mass is 9.60. The number of rotatable bonds is 14. The molecule has 0 bridgehead atoms. The number of ketones is 1. The van der Waals surface area contributed by atoms with Gasteiger partial charge in [0.05, 0.1) is 26.4 Å². The molecule has 0 aliphatic heterocycles. The molecule has 4 aromatic rings. The van der Waals surface area contributed by atoms with Gasteiger partial charge < -0.3 is 39.4 Å². The highest BCUT2D eigenvalue weighted by atomic mass is 16.5. The van der Waals surface area contributed by atoms with Crippen molar-refractivity contribution in [3.05, 3.63) is 107 Å². The van der Waals surface area contributed by atoms with Crippen LogP contribution in [0.5, 0.6) is 23.0 Å². The number of fused-ring (bicyclic) bond motifs is 3. The molecule has 9 heteroatoms. The number of ether oxygens (including phenoxy) is 4. The molecule has 4 N–H and O–H groups in total. The lowest BCUT2D eigenvalue weighted by Gasteiger charge is -2.40. The molecule has 0 unspecified atom stereocenters. The lowest BCUT2D eigenvalue weighted by Crippen LogP contribution is -2.41. The smallest absolute Gasteiger partial charge is 0.182 e. The van der Waals surface area contributed by atoms with Gasteiger partial charge in [-0.1, -0.05) is 60.7 Å². The van der Waals surface area contributed by atoms with Crippen molar-refractivity contribution >= 4 is 5.78 Å². The van der Waals surface area contributed by atoms with E-state index < -0.39 is 5.41 Å². The second kappa shape index (κ2) is 13.7. The van der Waals surface area contributed by atoms with Gasteiger partial charge in [0.2, 0.25) is 0 Å². The molecule has 5 rings (SSSR count). The van der Waals surface area contributed by atoms with Gasteiger partial charge in [0.1, 0.15) is 31.8 Å². The zero-order chi connectivity index (χ0) is 30.2. The summed E-state index contributed by atoms with van der Waals surface area (Å²) in [6, 6.07) is 25.6. The lowest BCUT2D eigenvalue weighted by molar-refractivity contribution is 0.0932. The van der Waals surface area contributed by atoms with Crippen molar-refractivity contribution < 1.29 is 44.2 Å². The summed E-state index contributed by atoms with van der Waals surface area (Å²) in [7, 11) is 0. The minimum atomic E-state index is -1.38. The minimum Gasteiger partial charge on any atom is -0.487 e. The molecule has 0 fully saturated rings. The van der Waals surface area contributed by atoms with Crippen LogP contribution in [0.2, 0.25) is 0 Å². The molecule has 0 atom stereocenters. The van der Waals surface area contributed by atoms with Crippen molar-refractivity contribution in [3.63, 3.8) is 0 Å². The van der Waals surface area contributed by atoms with E-state index in [9.17, 15) is 25.2 Å². The van der Waals surface area contributed by atoms with Crippen LogP contribution in [-0.2, 0) is 5.41 Å². The van der Waals surface area contributed by atoms with Gasteiger partial charge in [-0.15, -0.1) is 0 Å². The summed E-state index contributed by atoms with van der Waals surface area (Å²) in [4.78, 5) is 15.0. The number of hydrogen-bond acceptors (Lipinski definition) is 9. The Labute approximate surface area is 249 Å². The van der Waals surface area contributed by atoms with Gasteiger partial charge in [-0.2, -0.15) is 0 Å². The fourth-order valence-electron chi connectivity index (χ4n) is 5.59. The number of aliphatic hydroxyl groups is 4. The third-order valence-corrected chi connectivity index (χ3v) is 7.28. The summed E-state index contributed by atoms with van der Waals surface area (Å²) in [6.45, 7) is -0.795. The molecule has 0 amide bonds. The fraction of sp³-hybridized carbons (Fsp3) is 0.265. The van der Waals surface area contributed by atoms with Crippen LogP contribution in [0.3, 0.4) is 0 Å². The molecule has 1 aliphatic rings. The quantitative estimate of drug-likeness (QED) is 0.175. The van der Waals surface area contributed by atoms with Crippen LogP contribution >= 0.6 is 0 Å². The highest BCUT2D eigenvalue weighted by Crippen LogP contribution is 2.52. The second-order valence-corrected chi connectivity index (χ2v) is 9.78. The maximum Gasteiger partial charge on any atom is 0.182 e. The largest absolute Gasteiger partial charge is 0.487 e. The predicted octanol–water partition coefficient (Wildman–Crippen LogP) is 3.37. The van der Waals surface area contributed by atoms with Crippen LogP contribution < -0.4 is 18.9 Å². The van der Waals surface area contributed by atoms with E-state index >= 15 is 0 Å². The van der Waals surface area contributed by atoms with Crippen molar-refractivity contribution in [2.75, 3.05) is 52.9 Å². The molecule has 0 aromatic heterocycles. The first-order valence-electron chi connectivity index (χ1n) is 14.1. The topological polar surface area (TPSA) is 135 Å². The van der Waals surface area contributed by atoms with E-state index in [0.717, 1.165) is 16.7 Å². The van der Waals surface area contributed by atoms with Crippen molar-refractivity contribution in [1.82, 2.24) is 0 Å². The van der Waals surface area contributed by atoms with E-state index in [1.165, 1.54) is 0 Å². The second-order valence-electron chi connectivity index (χ2n) is 9.78. The number of hydrogen-bond donors (Lipinski definition) is 4. The number of carbonyl (C=O) groups excluding carboxylic acids is 1. The third kappa shape index (κ3) is 5.68. The average molecular weight is 587 g/mol. The van der Waals surface area contributed by atoms with Gasteiger partial charge in [-0.05, 0) is 52.1 Å². The van der Waals surface area contributed by atoms with Crippen molar-refractivity contribution in [3.8, 4) is 34.1 Å². The van der Waals surface area contributed by atoms with E-state index in [1.807, 2.05) is 48.5 Å². The number of aliphatic hydroxyl groups excluding tert-OH is 4. The molecule has 0 radical (unpaired) electrons. The maximum atomic E-state index is 15.0. The predicted molar refractivity (Wildman–Crippen MR) is 159 cm³/mol. The summed E-state index contributed by atoms with van der Waals surface area (Å²) in [5.41, 5.74) is 2.77. The third-order valence-electron chi connectivity index (χ3n) is 7.28. The van der Waals surface area contributed by atoms with Crippen LogP contribution in [0.1, 0.15) is 27.0 Å². The van der Waals surface area contributed by atoms with E-state index in [-0.39, 0.29) is 58.6 Å². The molecule has 0 heterocycles. The molecule has 4 aromatic carbocycles.